The molecule has 6 unspecified atom stereocenters. The molecule has 10 bridgehead atoms. The third-order valence-corrected chi connectivity index (χ3v) is 23.8. The molecular weight excluding hydrogens is 1060 g/mol. The largest absolute Gasteiger partial charge is 0.390 e. The summed E-state index contributed by atoms with van der Waals surface area (Å²) in [6.45, 7) is 7.24. The molecule has 7 fully saturated rings. The van der Waals surface area contributed by atoms with Crippen molar-refractivity contribution in [3.8, 4) is 0 Å². The van der Waals surface area contributed by atoms with Crippen LogP contribution in [0.2, 0.25) is 0 Å². The number of fused-ring (bicyclic) bond motifs is 12. The number of para-hydroxylation sites is 2. The summed E-state index contributed by atoms with van der Waals surface area (Å²) in [5.74, 6) is 0.464. The molecule has 13 aliphatic rings. The van der Waals surface area contributed by atoms with Crippen LogP contribution < -0.4 is 10.6 Å². The highest BCUT2D eigenvalue weighted by Crippen LogP contribution is 2.66. The van der Waals surface area contributed by atoms with Crippen LogP contribution in [0.15, 0.2) is 120 Å². The molecule has 4 aromatic rings. The zero-order chi connectivity index (χ0) is 57.0. The molecule has 2 aliphatic carbocycles. The third-order valence-electron chi connectivity index (χ3n) is 23.8. The predicted octanol–water partition coefficient (Wildman–Crippen LogP) is 11.5. The lowest BCUT2D eigenvalue weighted by Gasteiger charge is -2.58. The highest BCUT2D eigenvalue weighted by Gasteiger charge is 2.71. The second-order valence-corrected chi connectivity index (χ2v) is 28.9. The van der Waals surface area contributed by atoms with Crippen molar-refractivity contribution >= 4 is 38.8 Å². The number of allylic oxidation sites excluding steroid dienone is 5. The van der Waals surface area contributed by atoms with Crippen LogP contribution in [0.25, 0.3) is 27.4 Å². The fraction of sp³-hybridized carbons (Fsp3) is 0.611. The van der Waals surface area contributed by atoms with Crippen molar-refractivity contribution in [1.82, 2.24) is 30.0 Å². The molecule has 0 radical (unpaired) electrons. The molecule has 7 saturated heterocycles. The fourth-order valence-electron chi connectivity index (χ4n) is 20.5. The number of aromatic amines is 1. The molecular formula is C72H92N8O5. The van der Waals surface area contributed by atoms with E-state index >= 15 is 0 Å². The van der Waals surface area contributed by atoms with Crippen molar-refractivity contribution in [2.24, 2.45) is 27.7 Å². The highest BCUT2D eigenvalue weighted by atomic mass is 16.5. The summed E-state index contributed by atoms with van der Waals surface area (Å²) in [7, 11) is 0. The number of hydrogen-bond acceptors (Lipinski definition) is 12. The van der Waals surface area contributed by atoms with E-state index in [4.69, 9.17) is 19.5 Å². The minimum absolute atomic E-state index is 0.00877. The summed E-state index contributed by atoms with van der Waals surface area (Å²) in [5.41, 5.74) is 4.72. The van der Waals surface area contributed by atoms with Gasteiger partial charge in [0.1, 0.15) is 11.4 Å². The zero-order valence-electron chi connectivity index (χ0n) is 50.1. The summed E-state index contributed by atoms with van der Waals surface area (Å²) in [4.78, 5) is 22.8. The van der Waals surface area contributed by atoms with Gasteiger partial charge < -0.3 is 44.9 Å². The molecule has 0 amide bonds. The number of anilines is 1. The summed E-state index contributed by atoms with van der Waals surface area (Å²) in [6, 6.07) is 19.3. The molecule has 0 saturated carbocycles. The maximum Gasteiger partial charge on any atom is 0.123 e. The number of benzene rings is 2. The number of aliphatic hydroxyl groups excluding tert-OH is 1. The molecule has 13 nitrogen and oxygen atoms in total. The quantitative estimate of drug-likeness (QED) is 0.108. The smallest absolute Gasteiger partial charge is 0.123 e. The summed E-state index contributed by atoms with van der Waals surface area (Å²) in [6.07, 6.45) is 38.3. The van der Waals surface area contributed by atoms with Crippen molar-refractivity contribution in [3.05, 3.63) is 126 Å². The Morgan fingerprint density at radius 1 is 0.682 bits per heavy atom. The van der Waals surface area contributed by atoms with Gasteiger partial charge in [-0.15, -0.1) is 0 Å². The molecule has 16 atom stereocenters. The van der Waals surface area contributed by atoms with Crippen molar-refractivity contribution in [2.45, 2.75) is 200 Å². The number of piperidine rings is 2. The Morgan fingerprint density at radius 3 is 2.36 bits per heavy atom. The van der Waals surface area contributed by atoms with Crippen LogP contribution in [0, 0.1) is 22.7 Å². The second kappa shape index (κ2) is 21.8. The number of H-pyrrole nitrogens is 1. The Bertz CT molecular complexity index is 3390. The Kier molecular flexibility index (Phi) is 14.2. The van der Waals surface area contributed by atoms with E-state index in [9.17, 15) is 15.3 Å². The number of hydrogen-bond donors (Lipinski definition) is 6. The average molecular weight is 1150 g/mol. The van der Waals surface area contributed by atoms with E-state index in [1.807, 2.05) is 12.4 Å². The summed E-state index contributed by atoms with van der Waals surface area (Å²) >= 11 is 0. The first-order chi connectivity index (χ1) is 41.5. The van der Waals surface area contributed by atoms with Crippen molar-refractivity contribution < 1.29 is 24.8 Å². The van der Waals surface area contributed by atoms with Gasteiger partial charge in [-0.1, -0.05) is 66.8 Å². The van der Waals surface area contributed by atoms with E-state index in [1.165, 1.54) is 46.0 Å². The first-order valence-electron chi connectivity index (χ1n) is 33.7. The zero-order valence-corrected chi connectivity index (χ0v) is 50.1. The number of aliphatic imine (C=N–C) groups is 1. The monoisotopic (exact) mass is 1150 g/mol. The Labute approximate surface area is 503 Å². The topological polar surface area (TPSA) is 154 Å². The van der Waals surface area contributed by atoms with Gasteiger partial charge in [-0.05, 0) is 232 Å². The Morgan fingerprint density at radius 2 is 1.48 bits per heavy atom. The predicted molar refractivity (Wildman–Crippen MR) is 337 cm³/mol. The van der Waals surface area contributed by atoms with E-state index < -0.39 is 34.9 Å². The maximum absolute atomic E-state index is 14.4. The molecule has 17 rings (SSSR count). The number of rotatable bonds is 4. The molecule has 85 heavy (non-hydrogen) atoms. The number of aliphatic hydroxyl groups is 3. The van der Waals surface area contributed by atoms with Crippen molar-refractivity contribution in [1.29, 1.82) is 0 Å². The fourth-order valence-corrected chi connectivity index (χ4v) is 20.5. The summed E-state index contributed by atoms with van der Waals surface area (Å²) in [5, 5.41) is 51.2. The molecule has 2 aromatic heterocycles. The van der Waals surface area contributed by atoms with Gasteiger partial charge in [-0.2, -0.15) is 0 Å². The highest BCUT2D eigenvalue weighted by molar-refractivity contribution is 6.10. The minimum atomic E-state index is -1.20. The standard InChI is InChI=1S/C72H92N8O5/c81-60-26-36-75-71(45-67-44-68(82)30-13-5-1-3-7-15-37-78(47-67)39-28-56(67)54(42-68)62-64-52(24-34-73-62)50-19-9-11-21-58(50)76-64)33-23-61(60)85-72-32-17-18-49(84-71)27-41-80(72)66-69(46-72)48-79-38-16-8-4-2-6-14-31-70(66,83)43-55(57(69)29-40-79)63-65-53(25-35-74-63)51-20-10-12-22-59(51)77-65/h1-2,5-6,9-12,19-22,24-25,34-35,42-43,49,52,56-57,60-61,64,66,75-77,81-83H,3-4,7-8,13-18,23,26-33,36-41,44-48H2/b5-1+,6-2-/t49?,52?,56-,57-,60-,61+,64?,66+,67+,68-,69-,70-,71+,72?/m0/s1. The van der Waals surface area contributed by atoms with Gasteiger partial charge in [0, 0.05) is 71.9 Å². The summed E-state index contributed by atoms with van der Waals surface area (Å²) < 4.78 is 16.3. The second-order valence-electron chi connectivity index (χ2n) is 28.9. The van der Waals surface area contributed by atoms with Gasteiger partial charge in [0.05, 0.1) is 58.5 Å². The molecule has 13 heterocycles. The maximum atomic E-state index is 14.4. The lowest BCUT2D eigenvalue weighted by molar-refractivity contribution is -0.218. The Balaban J connectivity index is 0.795. The number of pyridine rings is 1. The number of aromatic nitrogens is 2. The van der Waals surface area contributed by atoms with Crippen LogP contribution in [0.4, 0.5) is 5.69 Å². The van der Waals surface area contributed by atoms with Gasteiger partial charge >= 0.3 is 0 Å². The van der Waals surface area contributed by atoms with Gasteiger partial charge in [-0.25, -0.2) is 0 Å². The van der Waals surface area contributed by atoms with Crippen molar-refractivity contribution in [2.75, 3.05) is 57.7 Å². The van der Waals surface area contributed by atoms with Gasteiger partial charge in [0.2, 0.25) is 0 Å². The molecule has 2 spiro atoms. The van der Waals surface area contributed by atoms with E-state index in [0.29, 0.717) is 45.1 Å². The van der Waals surface area contributed by atoms with E-state index in [-0.39, 0.29) is 46.8 Å². The molecule has 2 aromatic carbocycles. The van der Waals surface area contributed by atoms with Crippen LogP contribution in [-0.2, 0) is 9.47 Å². The third kappa shape index (κ3) is 9.56. The molecule has 13 heteroatoms. The first-order valence-corrected chi connectivity index (χ1v) is 33.7. The van der Waals surface area contributed by atoms with Crippen LogP contribution in [-0.4, -0.2) is 151 Å². The molecule has 450 valence electrons. The number of nitrogens with zero attached hydrogens (tertiary/aromatic N) is 5. The van der Waals surface area contributed by atoms with Gasteiger partial charge in [-0.3, -0.25) is 20.2 Å². The van der Waals surface area contributed by atoms with E-state index in [1.54, 1.807) is 0 Å². The normalized spacial score (nSPS) is 42.7. The molecule has 11 aliphatic heterocycles. The number of nitrogens with one attached hydrogen (secondary N) is 3. The Hall–Kier alpha value is -4.80. The van der Waals surface area contributed by atoms with E-state index in [2.05, 4.69) is 127 Å². The van der Waals surface area contributed by atoms with Crippen LogP contribution in [0.3, 0.4) is 0 Å². The molecule has 6 N–H and O–H groups in total. The van der Waals surface area contributed by atoms with Crippen LogP contribution in [0.5, 0.6) is 0 Å². The van der Waals surface area contributed by atoms with Gasteiger partial charge in [0.15, 0.2) is 0 Å². The van der Waals surface area contributed by atoms with E-state index in [0.717, 1.165) is 158 Å². The van der Waals surface area contributed by atoms with Crippen LogP contribution >= 0.6 is 0 Å². The SMILES string of the molecule is O[C@H]1CCN[C@]2(C[C@]34CN5CCCC/C=C/CC[C@](O)(C=C(C6=NC=CC7c8ccccc8NC67)[C@@H]3CC5)C4)CC[C@H]1OC13CCCC(CCN1[C@@H]1[C@]4(CN5CCCC/C=C\CC[C@]1(O)C=C(c1nccc6c1[nH]c1ccccc16)[C@@H]4CC5)C3)O2. The minimum Gasteiger partial charge on any atom is -0.390 e. The number of ether oxygens (including phenoxy) is 2. The van der Waals surface area contributed by atoms with Gasteiger partial charge in [0.25, 0.3) is 0 Å². The van der Waals surface area contributed by atoms with Crippen LogP contribution in [0.1, 0.15) is 158 Å². The lowest BCUT2D eigenvalue weighted by atomic mass is 9.54. The van der Waals surface area contributed by atoms with Crippen molar-refractivity contribution in [3.63, 3.8) is 0 Å². The average Bonchev–Trinajstić information content (AvgIpc) is 1.84. The first kappa shape index (κ1) is 55.5. The lowest BCUT2D eigenvalue weighted by Crippen LogP contribution is -2.66.